The van der Waals surface area contributed by atoms with Crippen LogP contribution in [0.3, 0.4) is 0 Å². The van der Waals surface area contributed by atoms with Crippen molar-refractivity contribution in [1.82, 2.24) is 4.90 Å². The van der Waals surface area contributed by atoms with E-state index in [1.807, 2.05) is 0 Å². The van der Waals surface area contributed by atoms with Crippen LogP contribution in [0.2, 0.25) is 0 Å². The molecule has 0 N–H and O–H groups in total. The molecule has 1 atom stereocenters. The van der Waals surface area contributed by atoms with Crippen molar-refractivity contribution >= 4 is 21.6 Å². The van der Waals surface area contributed by atoms with Crippen LogP contribution in [0.15, 0.2) is 40.8 Å². The Morgan fingerprint density at radius 1 is 1.23 bits per heavy atom. The minimum atomic E-state index is -3.67. The van der Waals surface area contributed by atoms with Crippen LogP contribution in [0.5, 0.6) is 0 Å². The zero-order chi connectivity index (χ0) is 18.9. The van der Waals surface area contributed by atoms with E-state index in [1.54, 1.807) is 6.07 Å². The number of carbonyl (C=O) groups excluding carboxylic acids is 1. The Balaban J connectivity index is 1.83. The van der Waals surface area contributed by atoms with Gasteiger partial charge in [0, 0.05) is 18.7 Å². The molecule has 0 spiro atoms. The zero-order valence-electron chi connectivity index (χ0n) is 13.5. The SMILES string of the molecule is O=C(c1ccc([N+](=O)[O-])o1)N1CCC(c2ccccc2F)S(=O)(=O)CC1. The molecule has 138 valence electrons. The lowest BCUT2D eigenvalue weighted by molar-refractivity contribution is -0.402. The van der Waals surface area contributed by atoms with Crippen molar-refractivity contribution in [1.29, 1.82) is 0 Å². The van der Waals surface area contributed by atoms with Gasteiger partial charge < -0.3 is 9.32 Å². The van der Waals surface area contributed by atoms with Gasteiger partial charge in [0.15, 0.2) is 15.6 Å². The zero-order valence-corrected chi connectivity index (χ0v) is 14.3. The first kappa shape index (κ1) is 18.1. The molecule has 26 heavy (non-hydrogen) atoms. The van der Waals surface area contributed by atoms with E-state index in [2.05, 4.69) is 0 Å². The number of hydrogen-bond acceptors (Lipinski definition) is 6. The third-order valence-corrected chi connectivity index (χ3v) is 6.37. The number of hydrogen-bond donors (Lipinski definition) is 0. The Hall–Kier alpha value is -2.75. The van der Waals surface area contributed by atoms with Crippen molar-refractivity contribution in [3.63, 3.8) is 0 Å². The van der Waals surface area contributed by atoms with E-state index in [4.69, 9.17) is 4.42 Å². The smallest absolute Gasteiger partial charge is 0.395 e. The summed E-state index contributed by atoms with van der Waals surface area (Å²) in [5.74, 6) is -2.39. The molecule has 0 bridgehead atoms. The van der Waals surface area contributed by atoms with Gasteiger partial charge in [0.25, 0.3) is 5.91 Å². The molecule has 0 saturated carbocycles. The van der Waals surface area contributed by atoms with E-state index in [-0.39, 0.29) is 36.6 Å². The molecule has 3 rings (SSSR count). The molecule has 10 heteroatoms. The fraction of sp³-hybridized carbons (Fsp3) is 0.312. The van der Waals surface area contributed by atoms with Crippen molar-refractivity contribution in [3.05, 3.63) is 63.7 Å². The fourth-order valence-electron chi connectivity index (χ4n) is 2.93. The summed E-state index contributed by atoms with van der Waals surface area (Å²) in [5.41, 5.74) is 0.0791. The molecule has 1 unspecified atom stereocenters. The number of nitro groups is 1. The van der Waals surface area contributed by atoms with E-state index in [9.17, 15) is 27.7 Å². The van der Waals surface area contributed by atoms with Gasteiger partial charge in [0.1, 0.15) is 10.7 Å². The van der Waals surface area contributed by atoms with Gasteiger partial charge >= 0.3 is 5.88 Å². The molecule has 2 aromatic rings. The lowest BCUT2D eigenvalue weighted by atomic mass is 10.1. The van der Waals surface area contributed by atoms with Crippen molar-refractivity contribution in [2.24, 2.45) is 0 Å². The van der Waals surface area contributed by atoms with Gasteiger partial charge in [-0.2, -0.15) is 0 Å². The number of nitrogens with zero attached hydrogens (tertiary/aromatic N) is 2. The highest BCUT2D eigenvalue weighted by Crippen LogP contribution is 2.31. The van der Waals surface area contributed by atoms with Gasteiger partial charge in [-0.25, -0.2) is 12.8 Å². The number of amides is 1. The first-order valence-corrected chi connectivity index (χ1v) is 9.50. The molecular formula is C16H15FN2O6S. The second-order valence-electron chi connectivity index (χ2n) is 5.85. The van der Waals surface area contributed by atoms with Crippen LogP contribution >= 0.6 is 0 Å². The Morgan fingerprint density at radius 2 is 1.96 bits per heavy atom. The van der Waals surface area contributed by atoms with Crippen LogP contribution in [-0.4, -0.2) is 43.0 Å². The second-order valence-corrected chi connectivity index (χ2v) is 8.16. The molecule has 1 amide bonds. The Morgan fingerprint density at radius 3 is 2.62 bits per heavy atom. The standard InChI is InChI=1S/C16H15FN2O6S/c17-12-4-2-1-3-11(12)14-7-8-18(9-10-26(14,23)24)16(20)13-5-6-15(25-13)19(21)22/h1-6,14H,7-10H2. The number of benzene rings is 1. The first-order valence-electron chi connectivity index (χ1n) is 7.79. The highest BCUT2D eigenvalue weighted by Gasteiger charge is 2.35. The number of carbonyl (C=O) groups is 1. The first-order chi connectivity index (χ1) is 12.3. The molecule has 2 heterocycles. The van der Waals surface area contributed by atoms with Gasteiger partial charge in [-0.15, -0.1) is 0 Å². The average molecular weight is 382 g/mol. The summed E-state index contributed by atoms with van der Waals surface area (Å²) in [4.78, 5) is 23.6. The summed E-state index contributed by atoms with van der Waals surface area (Å²) in [6.45, 7) is -0.0355. The molecule has 1 saturated heterocycles. The van der Waals surface area contributed by atoms with Crippen LogP contribution in [0.4, 0.5) is 10.3 Å². The lowest BCUT2D eigenvalue weighted by Gasteiger charge is -2.18. The molecule has 1 aromatic carbocycles. The lowest BCUT2D eigenvalue weighted by Crippen LogP contribution is -2.33. The maximum atomic E-state index is 14.0. The summed E-state index contributed by atoms with van der Waals surface area (Å²) < 4.78 is 44.0. The largest absolute Gasteiger partial charge is 0.433 e. The molecule has 8 nitrogen and oxygen atoms in total. The van der Waals surface area contributed by atoms with Crippen LogP contribution < -0.4 is 0 Å². The van der Waals surface area contributed by atoms with Gasteiger partial charge in [-0.3, -0.25) is 14.9 Å². The molecule has 1 aromatic heterocycles. The molecule has 0 aliphatic carbocycles. The van der Waals surface area contributed by atoms with Gasteiger partial charge in [-0.05, 0) is 18.6 Å². The van der Waals surface area contributed by atoms with E-state index in [1.165, 1.54) is 29.2 Å². The number of furan rings is 1. The number of sulfone groups is 1. The van der Waals surface area contributed by atoms with E-state index in [0.717, 1.165) is 6.07 Å². The summed E-state index contributed by atoms with van der Waals surface area (Å²) in [5, 5.41) is 9.61. The minimum absolute atomic E-state index is 0.0256. The average Bonchev–Trinajstić information content (AvgIpc) is 3.03. The van der Waals surface area contributed by atoms with E-state index in [0.29, 0.717) is 0 Å². The summed E-state index contributed by atoms with van der Waals surface area (Å²) in [7, 11) is -3.67. The molecule has 1 aliphatic heterocycles. The molecule has 1 aliphatic rings. The van der Waals surface area contributed by atoms with Crippen LogP contribution in [-0.2, 0) is 9.84 Å². The van der Waals surface area contributed by atoms with Crippen LogP contribution in [0.1, 0.15) is 27.8 Å². The van der Waals surface area contributed by atoms with Gasteiger partial charge in [0.2, 0.25) is 0 Å². The molecule has 1 fully saturated rings. The van der Waals surface area contributed by atoms with Crippen LogP contribution in [0, 0.1) is 15.9 Å². The molecule has 0 radical (unpaired) electrons. The topological polar surface area (TPSA) is 111 Å². The third-order valence-electron chi connectivity index (χ3n) is 4.26. The Kier molecular flexibility index (Phi) is 4.77. The highest BCUT2D eigenvalue weighted by atomic mass is 32.2. The van der Waals surface area contributed by atoms with Crippen LogP contribution in [0.25, 0.3) is 0 Å². The summed E-state index contributed by atoms with van der Waals surface area (Å²) >= 11 is 0. The fourth-order valence-corrected chi connectivity index (χ4v) is 4.73. The predicted molar refractivity (Wildman–Crippen MR) is 88.8 cm³/mol. The van der Waals surface area contributed by atoms with E-state index >= 15 is 0 Å². The predicted octanol–water partition coefficient (Wildman–Crippen LogP) is 2.33. The van der Waals surface area contributed by atoms with Crippen molar-refractivity contribution in [2.45, 2.75) is 11.7 Å². The Bertz CT molecular complexity index is 955. The number of rotatable bonds is 3. The van der Waals surface area contributed by atoms with Crippen molar-refractivity contribution < 1.29 is 26.9 Å². The monoisotopic (exact) mass is 382 g/mol. The number of halogens is 1. The van der Waals surface area contributed by atoms with Gasteiger partial charge in [0.05, 0.1) is 17.1 Å². The van der Waals surface area contributed by atoms with Crippen molar-refractivity contribution in [2.75, 3.05) is 18.8 Å². The maximum Gasteiger partial charge on any atom is 0.433 e. The second kappa shape index (κ2) is 6.87. The highest BCUT2D eigenvalue weighted by molar-refractivity contribution is 7.91. The third kappa shape index (κ3) is 3.45. The molecular weight excluding hydrogens is 367 g/mol. The summed E-state index contributed by atoms with van der Waals surface area (Å²) in [6.07, 6.45) is 0.0256. The minimum Gasteiger partial charge on any atom is -0.395 e. The van der Waals surface area contributed by atoms with E-state index < -0.39 is 37.6 Å². The Labute approximate surface area is 148 Å². The van der Waals surface area contributed by atoms with Crippen molar-refractivity contribution in [3.8, 4) is 0 Å². The summed E-state index contributed by atoms with van der Waals surface area (Å²) in [6, 6.07) is 7.88. The maximum absolute atomic E-state index is 14.0. The quantitative estimate of drug-likeness (QED) is 0.595. The normalized spacial score (nSPS) is 19.7. The van der Waals surface area contributed by atoms with Gasteiger partial charge in [-0.1, -0.05) is 18.2 Å².